The Morgan fingerprint density at radius 3 is 2.48 bits per heavy atom. The summed E-state index contributed by atoms with van der Waals surface area (Å²) < 4.78 is 0. The molecule has 2 rings (SSSR count). The molecule has 0 bridgehead atoms. The molecule has 2 amide bonds. The Labute approximate surface area is 152 Å². The van der Waals surface area contributed by atoms with Crippen LogP contribution in [0.25, 0.3) is 0 Å². The van der Waals surface area contributed by atoms with Gasteiger partial charge in [0.1, 0.15) is 6.54 Å². The number of amides is 2. The molecule has 0 radical (unpaired) electrons. The van der Waals surface area contributed by atoms with Crippen molar-refractivity contribution >= 4 is 34.8 Å². The molecule has 2 aromatic carbocycles. The predicted octanol–water partition coefficient (Wildman–Crippen LogP) is 3.72. The Kier molecular flexibility index (Phi) is 6.42. The van der Waals surface area contributed by atoms with Crippen molar-refractivity contribution in [2.45, 2.75) is 20.3 Å². The molecule has 3 N–H and O–H groups in total. The van der Waals surface area contributed by atoms with Gasteiger partial charge in [0.25, 0.3) is 5.91 Å². The normalized spacial score (nSPS) is 10.4. The van der Waals surface area contributed by atoms with Crippen LogP contribution in [0.15, 0.2) is 42.5 Å². The summed E-state index contributed by atoms with van der Waals surface area (Å²) >= 11 is 5.83. The number of nitrogens with two attached hydrogens (primary N) is 1. The lowest BCUT2D eigenvalue weighted by Crippen LogP contribution is -2.38. The van der Waals surface area contributed by atoms with Crippen LogP contribution in [0.5, 0.6) is 0 Å². The molecule has 0 atom stereocenters. The van der Waals surface area contributed by atoms with Gasteiger partial charge in [-0.05, 0) is 55.3 Å². The van der Waals surface area contributed by atoms with E-state index in [-0.39, 0.29) is 18.4 Å². The highest BCUT2D eigenvalue weighted by molar-refractivity contribution is 6.30. The molecule has 2 aromatic rings. The highest BCUT2D eigenvalue weighted by atomic mass is 35.5. The first-order chi connectivity index (χ1) is 11.9. The van der Waals surface area contributed by atoms with E-state index in [0.29, 0.717) is 28.5 Å². The van der Waals surface area contributed by atoms with Gasteiger partial charge in [-0.1, -0.05) is 24.6 Å². The Morgan fingerprint density at radius 2 is 1.84 bits per heavy atom. The summed E-state index contributed by atoms with van der Waals surface area (Å²) in [5, 5.41) is 3.37. The first-order valence-electron chi connectivity index (χ1n) is 8.11. The predicted molar refractivity (Wildman–Crippen MR) is 102 cm³/mol. The van der Waals surface area contributed by atoms with Crippen LogP contribution in [0.2, 0.25) is 5.02 Å². The highest BCUT2D eigenvalue weighted by Gasteiger charge is 2.20. The Balaban J connectivity index is 2.11. The Morgan fingerprint density at radius 1 is 1.16 bits per heavy atom. The van der Waals surface area contributed by atoms with Gasteiger partial charge in [0.05, 0.1) is 0 Å². The van der Waals surface area contributed by atoms with E-state index in [1.807, 2.05) is 13.8 Å². The van der Waals surface area contributed by atoms with Crippen LogP contribution >= 0.6 is 11.6 Å². The number of hydrogen-bond donors (Lipinski definition) is 2. The minimum Gasteiger partial charge on any atom is -0.399 e. The van der Waals surface area contributed by atoms with Crippen LogP contribution in [0, 0.1) is 6.92 Å². The van der Waals surface area contributed by atoms with Gasteiger partial charge in [-0.15, -0.1) is 0 Å². The van der Waals surface area contributed by atoms with Crippen molar-refractivity contribution in [3.05, 3.63) is 58.6 Å². The van der Waals surface area contributed by atoms with Crippen LogP contribution in [0.3, 0.4) is 0 Å². The summed E-state index contributed by atoms with van der Waals surface area (Å²) in [6, 6.07) is 12.0. The highest BCUT2D eigenvalue weighted by Crippen LogP contribution is 2.16. The van der Waals surface area contributed by atoms with Crippen LogP contribution in [-0.4, -0.2) is 29.8 Å². The SMILES string of the molecule is CCCN(CC(=O)Nc1ccc(Cl)cc1)C(=O)c1cc(N)ccc1C. The topological polar surface area (TPSA) is 75.4 Å². The maximum atomic E-state index is 12.8. The lowest BCUT2D eigenvalue weighted by Gasteiger charge is -2.22. The van der Waals surface area contributed by atoms with E-state index in [9.17, 15) is 9.59 Å². The number of benzene rings is 2. The summed E-state index contributed by atoms with van der Waals surface area (Å²) in [6.07, 6.45) is 0.751. The third-order valence-corrected chi connectivity index (χ3v) is 3.99. The molecular weight excluding hydrogens is 338 g/mol. The maximum absolute atomic E-state index is 12.8. The van der Waals surface area contributed by atoms with Crippen molar-refractivity contribution in [3.63, 3.8) is 0 Å². The van der Waals surface area contributed by atoms with Crippen molar-refractivity contribution in [3.8, 4) is 0 Å². The van der Waals surface area contributed by atoms with Crippen LogP contribution < -0.4 is 11.1 Å². The summed E-state index contributed by atoms with van der Waals surface area (Å²) in [6.45, 7) is 4.28. The average molecular weight is 360 g/mol. The first-order valence-corrected chi connectivity index (χ1v) is 8.49. The summed E-state index contributed by atoms with van der Waals surface area (Å²) in [5.74, 6) is -0.455. The number of rotatable bonds is 6. The molecule has 0 heterocycles. The van der Waals surface area contributed by atoms with E-state index >= 15 is 0 Å². The number of nitrogens with zero attached hydrogens (tertiary/aromatic N) is 1. The molecule has 132 valence electrons. The van der Waals surface area contributed by atoms with Gasteiger partial charge in [0.15, 0.2) is 0 Å². The van der Waals surface area contributed by atoms with Crippen LogP contribution in [0.1, 0.15) is 29.3 Å². The molecule has 0 unspecified atom stereocenters. The van der Waals surface area contributed by atoms with Gasteiger partial charge in [-0.2, -0.15) is 0 Å². The van der Waals surface area contributed by atoms with Crippen LogP contribution in [-0.2, 0) is 4.79 Å². The molecule has 0 aliphatic heterocycles. The van der Waals surface area contributed by atoms with Gasteiger partial charge in [0.2, 0.25) is 5.91 Å². The molecular formula is C19H22ClN3O2. The fourth-order valence-electron chi connectivity index (χ4n) is 2.47. The van der Waals surface area contributed by atoms with Crippen molar-refractivity contribution in [2.24, 2.45) is 0 Å². The molecule has 0 fully saturated rings. The van der Waals surface area contributed by atoms with Gasteiger partial charge >= 0.3 is 0 Å². The standard InChI is InChI=1S/C19H22ClN3O2/c1-3-10-23(19(25)17-11-15(21)7-4-13(17)2)12-18(24)22-16-8-5-14(20)6-9-16/h4-9,11H,3,10,12,21H2,1-2H3,(H,22,24). The molecule has 0 spiro atoms. The van der Waals surface area contributed by atoms with Gasteiger partial charge in [0, 0.05) is 28.5 Å². The third kappa shape index (κ3) is 5.22. The lowest BCUT2D eigenvalue weighted by atomic mass is 10.1. The van der Waals surface area contributed by atoms with Crippen molar-refractivity contribution in [2.75, 3.05) is 24.1 Å². The van der Waals surface area contributed by atoms with E-state index in [1.54, 1.807) is 42.5 Å². The Bertz CT molecular complexity index is 760. The summed E-state index contributed by atoms with van der Waals surface area (Å²) in [5.41, 5.74) is 8.31. The molecule has 0 saturated carbocycles. The fourth-order valence-corrected chi connectivity index (χ4v) is 2.60. The van der Waals surface area contributed by atoms with Crippen molar-refractivity contribution in [1.82, 2.24) is 4.90 Å². The minimum atomic E-state index is -0.259. The molecule has 5 nitrogen and oxygen atoms in total. The summed E-state index contributed by atoms with van der Waals surface area (Å²) in [4.78, 5) is 26.7. The maximum Gasteiger partial charge on any atom is 0.254 e. The van der Waals surface area contributed by atoms with E-state index in [4.69, 9.17) is 17.3 Å². The third-order valence-electron chi connectivity index (χ3n) is 3.74. The molecule has 6 heteroatoms. The second-order valence-electron chi connectivity index (χ2n) is 5.86. The second-order valence-corrected chi connectivity index (χ2v) is 6.29. The number of anilines is 2. The minimum absolute atomic E-state index is 0.0243. The van der Waals surface area contributed by atoms with Crippen LogP contribution in [0.4, 0.5) is 11.4 Å². The van der Waals surface area contributed by atoms with E-state index in [1.165, 1.54) is 4.90 Å². The zero-order valence-electron chi connectivity index (χ0n) is 14.4. The molecule has 0 aromatic heterocycles. The zero-order valence-corrected chi connectivity index (χ0v) is 15.1. The largest absolute Gasteiger partial charge is 0.399 e. The second kappa shape index (κ2) is 8.53. The monoisotopic (exact) mass is 359 g/mol. The van der Waals surface area contributed by atoms with Gasteiger partial charge in [-0.3, -0.25) is 9.59 Å². The smallest absolute Gasteiger partial charge is 0.254 e. The zero-order chi connectivity index (χ0) is 18.4. The quantitative estimate of drug-likeness (QED) is 0.772. The molecule has 25 heavy (non-hydrogen) atoms. The summed E-state index contributed by atoms with van der Waals surface area (Å²) in [7, 11) is 0. The number of aryl methyl sites for hydroxylation is 1. The Hall–Kier alpha value is -2.53. The number of carbonyl (C=O) groups excluding carboxylic acids is 2. The van der Waals surface area contributed by atoms with E-state index in [0.717, 1.165) is 12.0 Å². The first kappa shape index (κ1) is 18.8. The fraction of sp³-hybridized carbons (Fsp3) is 0.263. The number of hydrogen-bond acceptors (Lipinski definition) is 3. The van der Waals surface area contributed by atoms with E-state index in [2.05, 4.69) is 5.32 Å². The van der Waals surface area contributed by atoms with Crippen molar-refractivity contribution < 1.29 is 9.59 Å². The average Bonchev–Trinajstić information content (AvgIpc) is 2.58. The number of carbonyl (C=O) groups is 2. The van der Waals surface area contributed by atoms with E-state index < -0.39 is 0 Å². The van der Waals surface area contributed by atoms with Gasteiger partial charge < -0.3 is 16.0 Å². The lowest BCUT2D eigenvalue weighted by molar-refractivity contribution is -0.116. The van der Waals surface area contributed by atoms with Crippen molar-refractivity contribution in [1.29, 1.82) is 0 Å². The molecule has 0 aliphatic rings. The number of nitrogen functional groups attached to an aromatic ring is 1. The van der Waals surface area contributed by atoms with Gasteiger partial charge in [-0.25, -0.2) is 0 Å². The molecule has 0 saturated heterocycles. The number of halogens is 1. The molecule has 0 aliphatic carbocycles. The number of nitrogens with one attached hydrogen (secondary N) is 1.